The van der Waals surface area contributed by atoms with E-state index in [0.717, 1.165) is 22.6 Å². The average Bonchev–Trinajstić information content (AvgIpc) is 2.84. The monoisotopic (exact) mass is 334 g/mol. The van der Waals surface area contributed by atoms with Crippen molar-refractivity contribution in [2.24, 2.45) is 11.3 Å². The van der Waals surface area contributed by atoms with Gasteiger partial charge in [-0.15, -0.1) is 0 Å². The summed E-state index contributed by atoms with van der Waals surface area (Å²) < 4.78 is 0.961. The van der Waals surface area contributed by atoms with Gasteiger partial charge in [-0.25, -0.2) is 0 Å². The predicted molar refractivity (Wildman–Crippen MR) is 87.7 cm³/mol. The van der Waals surface area contributed by atoms with Gasteiger partial charge in [0.05, 0.1) is 11.6 Å². The van der Waals surface area contributed by atoms with Crippen molar-refractivity contribution in [1.82, 2.24) is 0 Å². The lowest BCUT2D eigenvalue weighted by Crippen LogP contribution is -2.28. The summed E-state index contributed by atoms with van der Waals surface area (Å²) in [6.07, 6.45) is 6.67. The molecule has 3 heteroatoms. The average molecular weight is 335 g/mol. The Bertz CT molecular complexity index is 496. The second kappa shape index (κ2) is 6.63. The highest BCUT2D eigenvalue weighted by molar-refractivity contribution is 9.10. The van der Waals surface area contributed by atoms with E-state index in [2.05, 4.69) is 47.2 Å². The highest BCUT2D eigenvalue weighted by Gasteiger charge is 2.34. The SMILES string of the molecule is CC(C)CC1(CNc2cc(Br)cc(C#N)c2)CCCC1. The van der Waals surface area contributed by atoms with E-state index in [9.17, 15) is 0 Å². The summed E-state index contributed by atoms with van der Waals surface area (Å²) in [7, 11) is 0. The van der Waals surface area contributed by atoms with E-state index in [1.807, 2.05) is 12.1 Å². The first-order chi connectivity index (χ1) is 9.53. The molecule has 0 aliphatic heterocycles. The van der Waals surface area contributed by atoms with Crippen LogP contribution in [0.1, 0.15) is 51.5 Å². The molecule has 0 amide bonds. The van der Waals surface area contributed by atoms with Crippen LogP contribution in [0.2, 0.25) is 0 Å². The summed E-state index contributed by atoms with van der Waals surface area (Å²) in [5, 5.41) is 12.6. The van der Waals surface area contributed by atoms with Crippen molar-refractivity contribution in [1.29, 1.82) is 5.26 Å². The molecular weight excluding hydrogens is 312 g/mol. The predicted octanol–water partition coefficient (Wildman–Crippen LogP) is 5.34. The topological polar surface area (TPSA) is 35.8 Å². The Kier molecular flexibility index (Phi) is 5.10. The molecule has 1 aliphatic carbocycles. The Morgan fingerprint density at radius 1 is 1.30 bits per heavy atom. The molecule has 0 spiro atoms. The third-order valence-electron chi connectivity index (χ3n) is 4.20. The highest BCUT2D eigenvalue weighted by Crippen LogP contribution is 2.43. The molecule has 1 aliphatic rings. The lowest BCUT2D eigenvalue weighted by molar-refractivity contribution is 0.252. The molecule has 1 saturated carbocycles. The zero-order valence-corrected chi connectivity index (χ0v) is 14.0. The van der Waals surface area contributed by atoms with Gasteiger partial charge in [-0.2, -0.15) is 5.26 Å². The van der Waals surface area contributed by atoms with E-state index in [4.69, 9.17) is 5.26 Å². The van der Waals surface area contributed by atoms with Crippen molar-refractivity contribution in [3.05, 3.63) is 28.2 Å². The van der Waals surface area contributed by atoms with E-state index in [0.29, 0.717) is 11.0 Å². The van der Waals surface area contributed by atoms with E-state index in [1.54, 1.807) is 0 Å². The Morgan fingerprint density at radius 3 is 2.60 bits per heavy atom. The van der Waals surface area contributed by atoms with Gasteiger partial charge in [-0.05, 0) is 48.8 Å². The van der Waals surface area contributed by atoms with Crippen molar-refractivity contribution >= 4 is 21.6 Å². The molecule has 20 heavy (non-hydrogen) atoms. The second-order valence-electron chi connectivity index (χ2n) is 6.50. The molecule has 0 bridgehead atoms. The Hall–Kier alpha value is -1.01. The van der Waals surface area contributed by atoms with E-state index < -0.39 is 0 Å². The van der Waals surface area contributed by atoms with E-state index >= 15 is 0 Å². The number of nitriles is 1. The number of hydrogen-bond acceptors (Lipinski definition) is 2. The van der Waals surface area contributed by atoms with Crippen LogP contribution < -0.4 is 5.32 Å². The van der Waals surface area contributed by atoms with Gasteiger partial charge in [0.2, 0.25) is 0 Å². The van der Waals surface area contributed by atoms with Gasteiger partial charge >= 0.3 is 0 Å². The maximum Gasteiger partial charge on any atom is 0.0992 e. The van der Waals surface area contributed by atoms with Crippen LogP contribution >= 0.6 is 15.9 Å². The fraction of sp³-hybridized carbons (Fsp3) is 0.588. The lowest BCUT2D eigenvalue weighted by atomic mass is 9.78. The molecule has 1 fully saturated rings. The molecule has 108 valence electrons. The summed E-state index contributed by atoms with van der Waals surface area (Å²) in [6.45, 7) is 5.65. The molecule has 0 heterocycles. The van der Waals surface area contributed by atoms with Crippen LogP contribution in [-0.4, -0.2) is 6.54 Å². The zero-order chi connectivity index (χ0) is 14.6. The second-order valence-corrected chi connectivity index (χ2v) is 7.41. The number of rotatable bonds is 5. The van der Waals surface area contributed by atoms with Crippen molar-refractivity contribution in [3.63, 3.8) is 0 Å². The molecule has 1 N–H and O–H groups in total. The van der Waals surface area contributed by atoms with Crippen LogP contribution in [0.3, 0.4) is 0 Å². The largest absolute Gasteiger partial charge is 0.384 e. The minimum atomic E-state index is 0.448. The van der Waals surface area contributed by atoms with Crippen molar-refractivity contribution in [3.8, 4) is 6.07 Å². The molecule has 2 rings (SSSR count). The standard InChI is InChI=1S/C17H23BrN2/c1-13(2)10-17(5-3-4-6-17)12-20-16-8-14(11-19)7-15(18)9-16/h7-9,13,20H,3-6,10,12H2,1-2H3. The fourth-order valence-corrected chi connectivity index (χ4v) is 3.98. The highest BCUT2D eigenvalue weighted by atomic mass is 79.9. The summed E-state index contributed by atoms with van der Waals surface area (Å²) in [5.41, 5.74) is 2.20. The molecular formula is C17H23BrN2. The molecule has 0 atom stereocenters. The molecule has 1 aromatic carbocycles. The van der Waals surface area contributed by atoms with Crippen molar-refractivity contribution in [2.75, 3.05) is 11.9 Å². The molecule has 2 nitrogen and oxygen atoms in total. The van der Waals surface area contributed by atoms with Crippen molar-refractivity contribution < 1.29 is 0 Å². The van der Waals surface area contributed by atoms with Gasteiger partial charge in [0.1, 0.15) is 0 Å². The first-order valence-corrected chi connectivity index (χ1v) is 8.27. The van der Waals surface area contributed by atoms with Crippen LogP contribution in [0.5, 0.6) is 0 Å². The van der Waals surface area contributed by atoms with E-state index in [1.165, 1.54) is 32.1 Å². The van der Waals surface area contributed by atoms with Gasteiger partial charge in [-0.3, -0.25) is 0 Å². The van der Waals surface area contributed by atoms with E-state index in [-0.39, 0.29) is 0 Å². The Morgan fingerprint density at radius 2 is 2.00 bits per heavy atom. The molecule has 0 radical (unpaired) electrons. The summed E-state index contributed by atoms with van der Waals surface area (Å²) in [6, 6.07) is 8.05. The van der Waals surface area contributed by atoms with Gasteiger partial charge in [0.15, 0.2) is 0 Å². The van der Waals surface area contributed by atoms with Gasteiger partial charge < -0.3 is 5.32 Å². The lowest BCUT2D eigenvalue weighted by Gasteiger charge is -2.31. The minimum Gasteiger partial charge on any atom is -0.384 e. The maximum atomic E-state index is 9.04. The number of hydrogen-bond donors (Lipinski definition) is 1. The minimum absolute atomic E-state index is 0.448. The van der Waals surface area contributed by atoms with Gasteiger partial charge in [-0.1, -0.05) is 42.6 Å². The quantitative estimate of drug-likeness (QED) is 0.788. The maximum absolute atomic E-state index is 9.04. The number of anilines is 1. The zero-order valence-electron chi connectivity index (χ0n) is 12.4. The van der Waals surface area contributed by atoms with Gasteiger partial charge in [0, 0.05) is 16.7 Å². The molecule has 0 saturated heterocycles. The summed E-state index contributed by atoms with van der Waals surface area (Å²) in [4.78, 5) is 0. The number of nitrogens with one attached hydrogen (secondary N) is 1. The first kappa shape index (κ1) is 15.4. The third-order valence-corrected chi connectivity index (χ3v) is 4.66. The van der Waals surface area contributed by atoms with Crippen LogP contribution in [0.25, 0.3) is 0 Å². The summed E-state index contributed by atoms with van der Waals surface area (Å²) >= 11 is 3.47. The van der Waals surface area contributed by atoms with Crippen LogP contribution in [0.4, 0.5) is 5.69 Å². The van der Waals surface area contributed by atoms with Gasteiger partial charge in [0.25, 0.3) is 0 Å². The number of halogens is 1. The van der Waals surface area contributed by atoms with Crippen LogP contribution in [0, 0.1) is 22.7 Å². The normalized spacial score (nSPS) is 17.1. The first-order valence-electron chi connectivity index (χ1n) is 7.48. The van der Waals surface area contributed by atoms with Crippen LogP contribution in [-0.2, 0) is 0 Å². The fourth-order valence-electron chi connectivity index (χ4n) is 3.49. The molecule has 0 unspecified atom stereocenters. The number of benzene rings is 1. The number of nitrogens with zero attached hydrogens (tertiary/aromatic N) is 1. The van der Waals surface area contributed by atoms with Crippen LogP contribution in [0.15, 0.2) is 22.7 Å². The molecule has 0 aromatic heterocycles. The smallest absolute Gasteiger partial charge is 0.0992 e. The molecule has 1 aromatic rings. The Labute approximate surface area is 130 Å². The third kappa shape index (κ3) is 3.99. The Balaban J connectivity index is 2.06. The van der Waals surface area contributed by atoms with Crippen molar-refractivity contribution in [2.45, 2.75) is 46.0 Å². The summed E-state index contributed by atoms with van der Waals surface area (Å²) in [5.74, 6) is 0.743.